The summed E-state index contributed by atoms with van der Waals surface area (Å²) in [6.07, 6.45) is 0. The van der Waals surface area contributed by atoms with Crippen LogP contribution in [0.25, 0.3) is 0 Å². The Bertz CT molecular complexity index is 259. The Balaban J connectivity index is 1.82. The van der Waals surface area contributed by atoms with Gasteiger partial charge in [0.2, 0.25) is 0 Å². The van der Waals surface area contributed by atoms with Gasteiger partial charge in [0.05, 0.1) is 0 Å². The molecule has 0 spiro atoms. The second-order valence-corrected chi connectivity index (χ2v) is 3.99. The molecule has 0 atom stereocenters. The minimum Gasteiger partial charge on any atom is -0.307 e. The summed E-state index contributed by atoms with van der Waals surface area (Å²) in [5.41, 5.74) is 1.81. The van der Waals surface area contributed by atoms with Crippen LogP contribution >= 0.6 is 11.8 Å². The molecule has 0 aromatic carbocycles. The van der Waals surface area contributed by atoms with Crippen molar-refractivity contribution in [3.8, 4) is 0 Å². The fourth-order valence-electron chi connectivity index (χ4n) is 1.00. The lowest BCUT2D eigenvalue weighted by molar-refractivity contribution is 0.300. The molecular formula is C7H11N3OS. The lowest BCUT2D eigenvalue weighted by Gasteiger charge is -2.25. The first-order chi connectivity index (χ1) is 5.86. The van der Waals surface area contributed by atoms with E-state index in [1.54, 1.807) is 0 Å². The highest BCUT2D eigenvalue weighted by Gasteiger charge is 2.17. The van der Waals surface area contributed by atoms with Crippen LogP contribution in [0.4, 0.5) is 0 Å². The summed E-state index contributed by atoms with van der Waals surface area (Å²) in [6, 6.07) is 0.658. The maximum atomic E-state index is 4.58. The van der Waals surface area contributed by atoms with E-state index in [2.05, 4.69) is 20.3 Å². The maximum Gasteiger partial charge on any atom is 0.121 e. The van der Waals surface area contributed by atoms with Crippen LogP contribution in [0.2, 0.25) is 0 Å². The Hall–Kier alpha value is -0.550. The summed E-state index contributed by atoms with van der Waals surface area (Å²) in [7, 11) is 0. The predicted octanol–water partition coefficient (Wildman–Crippen LogP) is 0.583. The SMILES string of the molecule is Cc1nonc1CNC1CSC1. The lowest BCUT2D eigenvalue weighted by atomic mass is 10.3. The Labute approximate surface area is 75.1 Å². The molecule has 1 saturated heterocycles. The van der Waals surface area contributed by atoms with Gasteiger partial charge in [-0.05, 0) is 6.92 Å². The van der Waals surface area contributed by atoms with E-state index < -0.39 is 0 Å². The van der Waals surface area contributed by atoms with Gasteiger partial charge in [0.25, 0.3) is 0 Å². The van der Waals surface area contributed by atoms with Crippen LogP contribution in [0.3, 0.4) is 0 Å². The van der Waals surface area contributed by atoms with Gasteiger partial charge in [-0.25, -0.2) is 4.63 Å². The van der Waals surface area contributed by atoms with Gasteiger partial charge in [0.15, 0.2) is 0 Å². The van der Waals surface area contributed by atoms with Crippen LogP contribution in [0.15, 0.2) is 4.63 Å². The van der Waals surface area contributed by atoms with Crippen molar-refractivity contribution in [3.63, 3.8) is 0 Å². The molecule has 1 aromatic heterocycles. The van der Waals surface area contributed by atoms with Crippen LogP contribution in [0.1, 0.15) is 11.4 Å². The minimum atomic E-state index is 0.658. The van der Waals surface area contributed by atoms with Crippen molar-refractivity contribution in [1.82, 2.24) is 15.6 Å². The molecule has 66 valence electrons. The lowest BCUT2D eigenvalue weighted by Crippen LogP contribution is -2.39. The molecule has 5 heteroatoms. The highest BCUT2D eigenvalue weighted by atomic mass is 32.2. The van der Waals surface area contributed by atoms with E-state index in [0.29, 0.717) is 6.04 Å². The fourth-order valence-corrected chi connectivity index (χ4v) is 1.71. The van der Waals surface area contributed by atoms with E-state index in [4.69, 9.17) is 0 Å². The van der Waals surface area contributed by atoms with E-state index in [-0.39, 0.29) is 0 Å². The molecule has 1 fully saturated rings. The van der Waals surface area contributed by atoms with Gasteiger partial charge < -0.3 is 5.32 Å². The number of rotatable bonds is 3. The van der Waals surface area contributed by atoms with Crippen molar-refractivity contribution in [1.29, 1.82) is 0 Å². The number of hydrogen-bond donors (Lipinski definition) is 1. The number of nitrogens with one attached hydrogen (secondary N) is 1. The summed E-state index contributed by atoms with van der Waals surface area (Å²) in [4.78, 5) is 0. The molecule has 0 unspecified atom stereocenters. The van der Waals surface area contributed by atoms with E-state index in [1.807, 2.05) is 18.7 Å². The van der Waals surface area contributed by atoms with Crippen molar-refractivity contribution < 1.29 is 4.63 Å². The Morgan fingerprint density at radius 2 is 2.42 bits per heavy atom. The molecule has 1 aliphatic heterocycles. The van der Waals surface area contributed by atoms with E-state index in [0.717, 1.165) is 17.9 Å². The quantitative estimate of drug-likeness (QED) is 0.746. The predicted molar refractivity (Wildman–Crippen MR) is 47.0 cm³/mol. The summed E-state index contributed by atoms with van der Waals surface area (Å²) >= 11 is 1.96. The van der Waals surface area contributed by atoms with E-state index >= 15 is 0 Å². The van der Waals surface area contributed by atoms with Crippen molar-refractivity contribution in [2.24, 2.45) is 0 Å². The van der Waals surface area contributed by atoms with E-state index in [1.165, 1.54) is 11.5 Å². The molecule has 1 N–H and O–H groups in total. The second kappa shape index (κ2) is 3.45. The van der Waals surface area contributed by atoms with E-state index in [9.17, 15) is 0 Å². The van der Waals surface area contributed by atoms with Gasteiger partial charge >= 0.3 is 0 Å². The third-order valence-corrected chi connectivity index (χ3v) is 3.22. The normalized spacial score (nSPS) is 17.8. The molecule has 1 aromatic rings. The van der Waals surface area contributed by atoms with Crippen LogP contribution in [0.5, 0.6) is 0 Å². The molecule has 2 rings (SSSR count). The van der Waals surface area contributed by atoms with Crippen LogP contribution in [-0.2, 0) is 6.54 Å². The average Bonchev–Trinajstić information content (AvgIpc) is 2.33. The molecule has 12 heavy (non-hydrogen) atoms. The number of aryl methyl sites for hydroxylation is 1. The van der Waals surface area contributed by atoms with Gasteiger partial charge in [-0.2, -0.15) is 11.8 Å². The van der Waals surface area contributed by atoms with Crippen molar-refractivity contribution >= 4 is 11.8 Å². The van der Waals surface area contributed by atoms with Gasteiger partial charge in [0.1, 0.15) is 11.4 Å². The monoisotopic (exact) mass is 185 g/mol. The molecule has 0 bridgehead atoms. The number of hydrogen-bond acceptors (Lipinski definition) is 5. The first kappa shape index (κ1) is 8.07. The molecule has 4 nitrogen and oxygen atoms in total. The number of aromatic nitrogens is 2. The van der Waals surface area contributed by atoms with Crippen LogP contribution in [-0.4, -0.2) is 27.9 Å². The van der Waals surface area contributed by atoms with Gasteiger partial charge in [0, 0.05) is 24.1 Å². The first-order valence-corrected chi connectivity index (χ1v) is 5.11. The van der Waals surface area contributed by atoms with Crippen molar-refractivity contribution in [3.05, 3.63) is 11.4 Å². The molecular weight excluding hydrogens is 174 g/mol. The van der Waals surface area contributed by atoms with Crippen LogP contribution < -0.4 is 5.32 Å². The first-order valence-electron chi connectivity index (χ1n) is 3.95. The molecule has 0 amide bonds. The number of thioether (sulfide) groups is 1. The average molecular weight is 185 g/mol. The number of nitrogens with zero attached hydrogens (tertiary/aromatic N) is 2. The Kier molecular flexibility index (Phi) is 2.32. The smallest absolute Gasteiger partial charge is 0.121 e. The molecule has 2 heterocycles. The second-order valence-electron chi connectivity index (χ2n) is 2.91. The Morgan fingerprint density at radius 3 is 2.92 bits per heavy atom. The zero-order valence-corrected chi connectivity index (χ0v) is 7.73. The molecule has 1 aliphatic rings. The highest BCUT2D eigenvalue weighted by Crippen LogP contribution is 2.17. The van der Waals surface area contributed by atoms with Crippen molar-refractivity contribution in [2.75, 3.05) is 11.5 Å². The molecule has 0 aliphatic carbocycles. The Morgan fingerprint density at radius 1 is 1.58 bits per heavy atom. The third kappa shape index (κ3) is 1.61. The summed E-state index contributed by atoms with van der Waals surface area (Å²) in [5.74, 6) is 2.43. The van der Waals surface area contributed by atoms with Gasteiger partial charge in [-0.3, -0.25) is 0 Å². The fraction of sp³-hybridized carbons (Fsp3) is 0.714. The largest absolute Gasteiger partial charge is 0.307 e. The van der Waals surface area contributed by atoms with Crippen molar-refractivity contribution in [2.45, 2.75) is 19.5 Å². The van der Waals surface area contributed by atoms with Gasteiger partial charge in [-0.15, -0.1) is 0 Å². The van der Waals surface area contributed by atoms with Crippen LogP contribution in [0, 0.1) is 6.92 Å². The topological polar surface area (TPSA) is 51.0 Å². The minimum absolute atomic E-state index is 0.658. The molecule has 0 saturated carbocycles. The molecule has 0 radical (unpaired) electrons. The standard InChI is InChI=1S/C7H11N3OS/c1-5-7(10-11-9-5)2-8-6-3-12-4-6/h6,8H,2-4H2,1H3. The zero-order valence-electron chi connectivity index (χ0n) is 6.91. The van der Waals surface area contributed by atoms with Gasteiger partial charge in [-0.1, -0.05) is 10.3 Å². The summed E-state index contributed by atoms with van der Waals surface area (Å²) in [6.45, 7) is 2.68. The summed E-state index contributed by atoms with van der Waals surface area (Å²) in [5, 5.41) is 10.9. The zero-order chi connectivity index (χ0) is 8.39. The highest BCUT2D eigenvalue weighted by molar-refractivity contribution is 8.00. The third-order valence-electron chi connectivity index (χ3n) is 1.94. The summed E-state index contributed by atoms with van der Waals surface area (Å²) < 4.78 is 4.58. The maximum absolute atomic E-state index is 4.58.